The van der Waals surface area contributed by atoms with E-state index in [4.69, 9.17) is 4.74 Å². The Morgan fingerprint density at radius 2 is 1.65 bits per heavy atom. The van der Waals surface area contributed by atoms with Crippen LogP contribution in [0.5, 0.6) is 5.75 Å². The number of amides is 2. The molecule has 2 amide bonds. The Labute approximate surface area is 212 Å². The van der Waals surface area contributed by atoms with Crippen molar-refractivity contribution in [3.63, 3.8) is 0 Å². The molecule has 3 aromatic carbocycles. The highest BCUT2D eigenvalue weighted by Crippen LogP contribution is 2.20. The SMILES string of the molecule is COc1ccc(/C=N/NC(=O)/C(=C\c2ccc(N(C)C)cc2)NC(=O)c2ccccc2)cc1I. The quantitative estimate of drug-likeness (QED) is 0.184. The number of hydrazone groups is 1. The van der Waals surface area contributed by atoms with Gasteiger partial charge in [-0.3, -0.25) is 9.59 Å². The van der Waals surface area contributed by atoms with Crippen LogP contribution in [-0.2, 0) is 4.79 Å². The Balaban J connectivity index is 1.80. The monoisotopic (exact) mass is 568 g/mol. The maximum atomic E-state index is 12.9. The number of benzene rings is 3. The molecule has 0 unspecified atom stereocenters. The molecule has 3 rings (SSSR count). The highest BCUT2D eigenvalue weighted by Gasteiger charge is 2.14. The van der Waals surface area contributed by atoms with Crippen molar-refractivity contribution < 1.29 is 14.3 Å². The van der Waals surface area contributed by atoms with Crippen LogP contribution in [0, 0.1) is 3.57 Å². The maximum absolute atomic E-state index is 12.9. The molecule has 0 bridgehead atoms. The summed E-state index contributed by atoms with van der Waals surface area (Å²) < 4.78 is 6.18. The molecule has 3 aromatic rings. The van der Waals surface area contributed by atoms with E-state index in [1.165, 1.54) is 6.21 Å². The molecule has 8 heteroatoms. The van der Waals surface area contributed by atoms with E-state index in [0.717, 1.165) is 26.1 Å². The number of ether oxygens (including phenoxy) is 1. The Morgan fingerprint density at radius 1 is 0.971 bits per heavy atom. The Morgan fingerprint density at radius 3 is 2.26 bits per heavy atom. The van der Waals surface area contributed by atoms with Crippen molar-refractivity contribution in [1.82, 2.24) is 10.7 Å². The molecule has 0 aliphatic carbocycles. The lowest BCUT2D eigenvalue weighted by Gasteiger charge is -2.12. The molecule has 0 heterocycles. The van der Waals surface area contributed by atoms with Gasteiger partial charge in [0.2, 0.25) is 0 Å². The molecule has 0 atom stereocenters. The number of nitrogens with one attached hydrogen (secondary N) is 2. The van der Waals surface area contributed by atoms with E-state index in [2.05, 4.69) is 38.4 Å². The predicted molar refractivity (Wildman–Crippen MR) is 144 cm³/mol. The lowest BCUT2D eigenvalue weighted by molar-refractivity contribution is -0.117. The van der Waals surface area contributed by atoms with Crippen LogP contribution < -0.4 is 20.4 Å². The molecule has 0 radical (unpaired) electrons. The van der Waals surface area contributed by atoms with E-state index in [1.807, 2.05) is 67.5 Å². The molecule has 2 N–H and O–H groups in total. The van der Waals surface area contributed by atoms with Crippen LogP contribution in [0.15, 0.2) is 83.6 Å². The molecule has 0 saturated carbocycles. The Hall–Kier alpha value is -3.66. The van der Waals surface area contributed by atoms with Crippen LogP contribution in [0.25, 0.3) is 6.08 Å². The van der Waals surface area contributed by atoms with Gasteiger partial charge in [-0.1, -0.05) is 30.3 Å². The van der Waals surface area contributed by atoms with Gasteiger partial charge in [0.1, 0.15) is 11.4 Å². The van der Waals surface area contributed by atoms with Crippen LogP contribution in [-0.4, -0.2) is 39.2 Å². The number of methoxy groups -OCH3 is 1. The lowest BCUT2D eigenvalue weighted by Crippen LogP contribution is -2.32. The molecule has 0 fully saturated rings. The van der Waals surface area contributed by atoms with Crippen molar-refractivity contribution >= 4 is 52.4 Å². The van der Waals surface area contributed by atoms with Crippen LogP contribution in [0.4, 0.5) is 5.69 Å². The molecule has 174 valence electrons. The van der Waals surface area contributed by atoms with E-state index in [0.29, 0.717) is 5.56 Å². The van der Waals surface area contributed by atoms with E-state index in [9.17, 15) is 9.59 Å². The number of rotatable bonds is 8. The van der Waals surface area contributed by atoms with Gasteiger partial charge < -0.3 is 15.0 Å². The highest BCUT2D eigenvalue weighted by molar-refractivity contribution is 14.1. The summed E-state index contributed by atoms with van der Waals surface area (Å²) in [6.45, 7) is 0. The third-order valence-electron chi connectivity index (χ3n) is 4.80. The fourth-order valence-electron chi connectivity index (χ4n) is 2.97. The Bertz CT molecular complexity index is 1210. The summed E-state index contributed by atoms with van der Waals surface area (Å²) in [6.07, 6.45) is 3.14. The second-order valence-corrected chi connectivity index (χ2v) is 8.62. The first kappa shape index (κ1) is 25.0. The molecular formula is C26H25IN4O3. The van der Waals surface area contributed by atoms with Crippen molar-refractivity contribution in [3.05, 3.63) is 98.8 Å². The number of hydrogen-bond acceptors (Lipinski definition) is 5. The maximum Gasteiger partial charge on any atom is 0.287 e. The van der Waals surface area contributed by atoms with E-state index in [1.54, 1.807) is 37.5 Å². The molecule has 0 spiro atoms. The standard InChI is InChI=1S/C26H25IN4O3/c1-31(2)21-12-9-18(10-13-21)16-23(29-25(32)20-7-5-4-6-8-20)26(33)30-28-17-19-11-14-24(34-3)22(27)15-19/h4-17H,1-3H3,(H,29,32)(H,30,33)/b23-16+,28-17+. The van der Waals surface area contributed by atoms with Crippen molar-refractivity contribution in [2.75, 3.05) is 26.1 Å². The molecule has 34 heavy (non-hydrogen) atoms. The van der Waals surface area contributed by atoms with E-state index < -0.39 is 5.91 Å². The first-order valence-electron chi connectivity index (χ1n) is 10.4. The second-order valence-electron chi connectivity index (χ2n) is 7.46. The summed E-state index contributed by atoms with van der Waals surface area (Å²) in [4.78, 5) is 27.6. The minimum absolute atomic E-state index is 0.0768. The fourth-order valence-corrected chi connectivity index (χ4v) is 3.73. The molecule has 0 saturated heterocycles. The van der Waals surface area contributed by atoms with Gasteiger partial charge in [-0.2, -0.15) is 5.10 Å². The summed E-state index contributed by atoms with van der Waals surface area (Å²) in [5, 5.41) is 6.75. The summed E-state index contributed by atoms with van der Waals surface area (Å²) in [5.41, 5.74) is 5.59. The minimum Gasteiger partial charge on any atom is -0.496 e. The molecule has 0 aliphatic heterocycles. The van der Waals surface area contributed by atoms with Gasteiger partial charge in [0.25, 0.3) is 11.8 Å². The molecule has 7 nitrogen and oxygen atoms in total. The van der Waals surface area contributed by atoms with Crippen molar-refractivity contribution in [2.24, 2.45) is 5.10 Å². The zero-order chi connectivity index (χ0) is 24.5. The van der Waals surface area contributed by atoms with Gasteiger partial charge in [0.15, 0.2) is 0 Å². The molecule has 0 aliphatic rings. The third-order valence-corrected chi connectivity index (χ3v) is 5.65. The largest absolute Gasteiger partial charge is 0.496 e. The fraction of sp³-hybridized carbons (Fsp3) is 0.115. The van der Waals surface area contributed by atoms with Gasteiger partial charge in [0, 0.05) is 25.3 Å². The topological polar surface area (TPSA) is 83.0 Å². The van der Waals surface area contributed by atoms with Gasteiger partial charge in [0.05, 0.1) is 16.9 Å². The smallest absolute Gasteiger partial charge is 0.287 e. The van der Waals surface area contributed by atoms with Crippen LogP contribution >= 0.6 is 22.6 Å². The van der Waals surface area contributed by atoms with Crippen molar-refractivity contribution in [3.8, 4) is 5.75 Å². The normalized spacial score (nSPS) is 11.2. The first-order valence-corrected chi connectivity index (χ1v) is 11.5. The first-order chi connectivity index (χ1) is 16.4. The molecule has 0 aromatic heterocycles. The lowest BCUT2D eigenvalue weighted by atomic mass is 10.1. The Kier molecular flexibility index (Phi) is 8.80. The average molecular weight is 568 g/mol. The summed E-state index contributed by atoms with van der Waals surface area (Å²) >= 11 is 2.17. The zero-order valence-corrected chi connectivity index (χ0v) is 21.2. The van der Waals surface area contributed by atoms with E-state index in [-0.39, 0.29) is 11.6 Å². The van der Waals surface area contributed by atoms with Crippen LogP contribution in [0.3, 0.4) is 0 Å². The minimum atomic E-state index is -0.541. The highest BCUT2D eigenvalue weighted by atomic mass is 127. The third kappa shape index (κ3) is 6.92. The number of halogens is 1. The summed E-state index contributed by atoms with van der Waals surface area (Å²) in [5.74, 6) is -0.169. The second kappa shape index (κ2) is 12.0. The average Bonchev–Trinajstić information content (AvgIpc) is 2.84. The van der Waals surface area contributed by atoms with Crippen molar-refractivity contribution in [1.29, 1.82) is 0 Å². The number of carbonyl (C=O) groups excluding carboxylic acids is 2. The van der Waals surface area contributed by atoms with Gasteiger partial charge >= 0.3 is 0 Å². The number of anilines is 1. The van der Waals surface area contributed by atoms with Gasteiger partial charge in [-0.25, -0.2) is 5.43 Å². The van der Waals surface area contributed by atoms with Crippen molar-refractivity contribution in [2.45, 2.75) is 0 Å². The van der Waals surface area contributed by atoms with Crippen LogP contribution in [0.2, 0.25) is 0 Å². The van der Waals surface area contributed by atoms with Gasteiger partial charge in [-0.05, 0) is 82.3 Å². The summed E-state index contributed by atoms with van der Waals surface area (Å²) in [6, 6.07) is 21.9. The zero-order valence-electron chi connectivity index (χ0n) is 19.1. The predicted octanol–water partition coefficient (Wildman–Crippen LogP) is 4.29. The van der Waals surface area contributed by atoms with Gasteiger partial charge in [-0.15, -0.1) is 0 Å². The number of hydrogen-bond donors (Lipinski definition) is 2. The number of carbonyl (C=O) groups is 2. The van der Waals surface area contributed by atoms with E-state index >= 15 is 0 Å². The van der Waals surface area contributed by atoms with Crippen LogP contribution in [0.1, 0.15) is 21.5 Å². The number of nitrogens with zero attached hydrogens (tertiary/aromatic N) is 2. The molecular weight excluding hydrogens is 543 g/mol. The summed E-state index contributed by atoms with van der Waals surface area (Å²) in [7, 11) is 5.51.